The standard InChI is InChI=1S/C19H38O3.Na.H/c1-2-3-4-12-15-18(20)16-13-10-8-6-5-7-9-11-14-17-19(21)22;;/h18,20H,2-17H2,1H3,(H,21,22);;/q;+1;-1/t18-;;/m0../s1. The molecule has 2 N–H and O–H groups in total. The minimum Gasteiger partial charge on any atom is -1.00 e. The minimum atomic E-state index is -0.674. The topological polar surface area (TPSA) is 57.5 Å². The van der Waals surface area contributed by atoms with Crippen LogP contribution in [-0.2, 0) is 4.79 Å². The fraction of sp³-hybridized carbons (Fsp3) is 0.947. The number of hydrogen-bond donors (Lipinski definition) is 2. The quantitative estimate of drug-likeness (QED) is 0.317. The molecule has 0 bridgehead atoms. The molecule has 0 heterocycles. The molecule has 0 aromatic rings. The van der Waals surface area contributed by atoms with Crippen LogP contribution in [0.3, 0.4) is 0 Å². The van der Waals surface area contributed by atoms with Gasteiger partial charge in [-0.15, -0.1) is 0 Å². The van der Waals surface area contributed by atoms with Crippen molar-refractivity contribution >= 4 is 5.97 Å². The summed E-state index contributed by atoms with van der Waals surface area (Å²) in [5, 5.41) is 18.4. The fourth-order valence-electron chi connectivity index (χ4n) is 2.84. The Morgan fingerprint density at radius 1 is 0.783 bits per heavy atom. The van der Waals surface area contributed by atoms with Gasteiger partial charge in [0.15, 0.2) is 0 Å². The largest absolute Gasteiger partial charge is 1.00 e. The van der Waals surface area contributed by atoms with Crippen molar-refractivity contribution in [3.05, 3.63) is 0 Å². The number of carboxylic acids is 1. The average molecular weight is 339 g/mol. The molecule has 3 nitrogen and oxygen atoms in total. The molecule has 134 valence electrons. The van der Waals surface area contributed by atoms with Gasteiger partial charge in [-0.1, -0.05) is 84.0 Å². The van der Waals surface area contributed by atoms with Gasteiger partial charge in [-0.25, -0.2) is 0 Å². The molecule has 0 unspecified atom stereocenters. The Kier molecular flexibility index (Phi) is 22.8. The molecule has 0 radical (unpaired) electrons. The summed E-state index contributed by atoms with van der Waals surface area (Å²) in [6, 6.07) is 0. The average Bonchev–Trinajstić information content (AvgIpc) is 2.49. The Morgan fingerprint density at radius 2 is 1.17 bits per heavy atom. The maximum atomic E-state index is 10.4. The Balaban J connectivity index is -0.00000220. The predicted molar refractivity (Wildman–Crippen MR) is 94.3 cm³/mol. The molecule has 0 aliphatic carbocycles. The van der Waals surface area contributed by atoms with Gasteiger partial charge in [0.2, 0.25) is 0 Å². The second kappa shape index (κ2) is 20.5. The van der Waals surface area contributed by atoms with Gasteiger partial charge in [0.25, 0.3) is 0 Å². The SMILES string of the molecule is CCCCCC[C@H](O)CCCCCCCCCCCC(=O)O.[H-].[Na+]. The second-order valence-corrected chi connectivity index (χ2v) is 6.62. The summed E-state index contributed by atoms with van der Waals surface area (Å²) in [4.78, 5) is 10.4. The molecule has 0 aromatic heterocycles. The Hall–Kier alpha value is 0.430. The van der Waals surface area contributed by atoms with Gasteiger partial charge < -0.3 is 11.6 Å². The van der Waals surface area contributed by atoms with Crippen molar-refractivity contribution in [1.82, 2.24) is 0 Å². The van der Waals surface area contributed by atoms with Crippen molar-refractivity contribution in [3.8, 4) is 0 Å². The van der Waals surface area contributed by atoms with E-state index in [1.165, 1.54) is 64.2 Å². The Labute approximate surface area is 167 Å². The number of aliphatic carboxylic acids is 1. The monoisotopic (exact) mass is 338 g/mol. The van der Waals surface area contributed by atoms with Gasteiger partial charge in [-0.3, -0.25) is 4.79 Å². The fourth-order valence-corrected chi connectivity index (χ4v) is 2.84. The molecule has 0 rings (SSSR count). The van der Waals surface area contributed by atoms with Crippen molar-refractivity contribution in [1.29, 1.82) is 0 Å². The molecule has 0 amide bonds. The number of rotatable bonds is 17. The van der Waals surface area contributed by atoms with E-state index in [4.69, 9.17) is 5.11 Å². The maximum Gasteiger partial charge on any atom is 1.00 e. The number of hydrogen-bond acceptors (Lipinski definition) is 2. The molecule has 0 saturated carbocycles. The zero-order chi connectivity index (χ0) is 16.5. The van der Waals surface area contributed by atoms with Gasteiger partial charge in [-0.2, -0.15) is 0 Å². The smallest absolute Gasteiger partial charge is 1.00 e. The molecule has 0 fully saturated rings. The van der Waals surface area contributed by atoms with Crippen LogP contribution in [-0.4, -0.2) is 22.3 Å². The first kappa shape index (κ1) is 25.7. The molecule has 0 aromatic carbocycles. The first-order chi connectivity index (χ1) is 10.7. The van der Waals surface area contributed by atoms with Gasteiger partial charge in [0.1, 0.15) is 0 Å². The van der Waals surface area contributed by atoms with Crippen LogP contribution in [0.1, 0.15) is 111 Å². The zero-order valence-electron chi connectivity index (χ0n) is 16.7. The Morgan fingerprint density at radius 3 is 1.61 bits per heavy atom. The van der Waals surface area contributed by atoms with Gasteiger partial charge in [0.05, 0.1) is 6.10 Å². The molecule has 0 aliphatic heterocycles. The van der Waals surface area contributed by atoms with Crippen LogP contribution in [0.25, 0.3) is 0 Å². The maximum absolute atomic E-state index is 10.4. The second-order valence-electron chi connectivity index (χ2n) is 6.62. The zero-order valence-corrected chi connectivity index (χ0v) is 17.7. The number of aliphatic hydroxyl groups is 1. The third-order valence-corrected chi connectivity index (χ3v) is 4.32. The van der Waals surface area contributed by atoms with E-state index in [-0.39, 0.29) is 37.1 Å². The van der Waals surface area contributed by atoms with Gasteiger partial charge in [-0.05, 0) is 19.3 Å². The molecule has 4 heteroatoms. The third-order valence-electron chi connectivity index (χ3n) is 4.32. The van der Waals surface area contributed by atoms with Crippen LogP contribution < -0.4 is 29.6 Å². The van der Waals surface area contributed by atoms with E-state index in [0.717, 1.165) is 32.1 Å². The van der Waals surface area contributed by atoms with E-state index in [1.807, 2.05) is 0 Å². The van der Waals surface area contributed by atoms with Crippen LogP contribution in [0.5, 0.6) is 0 Å². The van der Waals surface area contributed by atoms with Crippen LogP contribution in [0.2, 0.25) is 0 Å². The first-order valence-electron chi connectivity index (χ1n) is 9.56. The van der Waals surface area contributed by atoms with Crippen LogP contribution in [0.4, 0.5) is 0 Å². The molecular weight excluding hydrogens is 299 g/mol. The molecule has 0 aliphatic rings. The molecule has 1 atom stereocenters. The number of unbranched alkanes of at least 4 members (excludes halogenated alkanes) is 11. The number of carboxylic acid groups (broad SMARTS) is 1. The molecule has 23 heavy (non-hydrogen) atoms. The molecule has 0 spiro atoms. The summed E-state index contributed by atoms with van der Waals surface area (Å²) in [6.07, 6.45) is 17.7. The van der Waals surface area contributed by atoms with Crippen LogP contribution in [0.15, 0.2) is 0 Å². The van der Waals surface area contributed by atoms with Crippen LogP contribution >= 0.6 is 0 Å². The van der Waals surface area contributed by atoms with Gasteiger partial charge in [0, 0.05) is 6.42 Å². The first-order valence-corrected chi connectivity index (χ1v) is 9.56. The van der Waals surface area contributed by atoms with E-state index in [9.17, 15) is 9.90 Å². The normalized spacial score (nSPS) is 11.9. The minimum absolute atomic E-state index is 0. The molecule has 0 saturated heterocycles. The van der Waals surface area contributed by atoms with E-state index < -0.39 is 5.97 Å². The van der Waals surface area contributed by atoms with E-state index in [2.05, 4.69) is 6.92 Å². The van der Waals surface area contributed by atoms with E-state index >= 15 is 0 Å². The van der Waals surface area contributed by atoms with Crippen molar-refractivity contribution in [2.45, 2.75) is 116 Å². The van der Waals surface area contributed by atoms with Crippen molar-refractivity contribution in [3.63, 3.8) is 0 Å². The summed E-state index contributed by atoms with van der Waals surface area (Å²) in [5.41, 5.74) is 0. The summed E-state index contributed by atoms with van der Waals surface area (Å²) in [6.45, 7) is 2.21. The van der Waals surface area contributed by atoms with Crippen LogP contribution in [0, 0.1) is 0 Å². The summed E-state index contributed by atoms with van der Waals surface area (Å²) in [7, 11) is 0. The van der Waals surface area contributed by atoms with Crippen molar-refractivity contribution < 1.29 is 46.0 Å². The van der Waals surface area contributed by atoms with Crippen molar-refractivity contribution in [2.24, 2.45) is 0 Å². The number of carbonyl (C=O) groups is 1. The van der Waals surface area contributed by atoms with E-state index in [1.54, 1.807) is 0 Å². The van der Waals surface area contributed by atoms with Crippen molar-refractivity contribution in [2.75, 3.05) is 0 Å². The number of aliphatic hydroxyl groups excluding tert-OH is 1. The van der Waals surface area contributed by atoms with Gasteiger partial charge >= 0.3 is 35.5 Å². The summed E-state index contributed by atoms with van der Waals surface area (Å²) < 4.78 is 0. The summed E-state index contributed by atoms with van der Waals surface area (Å²) in [5.74, 6) is -0.674. The third kappa shape index (κ3) is 22.4. The summed E-state index contributed by atoms with van der Waals surface area (Å²) >= 11 is 0. The Bertz CT molecular complexity index is 253. The predicted octanol–water partition coefficient (Wildman–Crippen LogP) is 2.81. The molecular formula is C19H39NaO3. The van der Waals surface area contributed by atoms with E-state index in [0.29, 0.717) is 6.42 Å².